The molecule has 0 saturated heterocycles. The molecule has 1 aliphatic rings. The Bertz CT molecular complexity index is 1900. The highest BCUT2D eigenvalue weighted by molar-refractivity contribution is 6.08. The minimum Gasteiger partial charge on any atom is -0.302 e. The third kappa shape index (κ3) is 5.09. The van der Waals surface area contributed by atoms with E-state index in [4.69, 9.17) is 0 Å². The second kappa shape index (κ2) is 11.9. The monoisotopic (exact) mass is 611 g/mol. The highest BCUT2D eigenvalue weighted by atomic mass is 16.2. The van der Waals surface area contributed by atoms with Crippen molar-refractivity contribution in [3.05, 3.63) is 208 Å². The summed E-state index contributed by atoms with van der Waals surface area (Å²) in [6.07, 6.45) is 0.771. The maximum absolute atomic E-state index is 14.4. The summed E-state index contributed by atoms with van der Waals surface area (Å²) in [5.74, 6) is 0.0241. The number of hydrogen-bond acceptors (Lipinski definition) is 1. The van der Waals surface area contributed by atoms with E-state index in [9.17, 15) is 4.79 Å². The molecule has 0 N–H and O–H groups in total. The third-order valence-corrected chi connectivity index (χ3v) is 10.2. The Labute approximate surface area is 279 Å². The van der Waals surface area contributed by atoms with Crippen molar-refractivity contribution in [2.24, 2.45) is 0 Å². The molecular weight excluding hydrogens is 571 g/mol. The molecule has 0 aliphatic carbocycles. The Hall–Kier alpha value is -5.21. The Balaban J connectivity index is 1.56. The van der Waals surface area contributed by atoms with Crippen LogP contribution in [0.1, 0.15) is 76.5 Å². The molecule has 1 atom stereocenters. The van der Waals surface area contributed by atoms with Gasteiger partial charge in [-0.1, -0.05) is 158 Å². The van der Waals surface area contributed by atoms with Crippen LogP contribution >= 0.6 is 0 Å². The predicted molar refractivity (Wildman–Crippen MR) is 194 cm³/mol. The number of amides is 1. The molecule has 6 aromatic carbocycles. The molecule has 1 aliphatic heterocycles. The van der Waals surface area contributed by atoms with E-state index in [1.807, 2.05) is 35.2 Å². The summed E-state index contributed by atoms with van der Waals surface area (Å²) in [4.78, 5) is 16.5. The molecule has 2 heteroatoms. The van der Waals surface area contributed by atoms with Crippen LogP contribution in [0.4, 0.5) is 5.69 Å². The van der Waals surface area contributed by atoms with E-state index in [2.05, 4.69) is 161 Å². The van der Waals surface area contributed by atoms with Gasteiger partial charge in [-0.25, -0.2) is 0 Å². The topological polar surface area (TPSA) is 20.3 Å². The second-order valence-corrected chi connectivity index (χ2v) is 13.8. The van der Waals surface area contributed by atoms with Gasteiger partial charge in [-0.15, -0.1) is 0 Å². The zero-order chi connectivity index (χ0) is 32.6. The highest BCUT2D eigenvalue weighted by Crippen LogP contribution is 2.54. The first kappa shape index (κ1) is 30.4. The quantitative estimate of drug-likeness (QED) is 0.172. The molecule has 0 aromatic heterocycles. The van der Waals surface area contributed by atoms with Gasteiger partial charge in [-0.3, -0.25) is 4.79 Å². The van der Waals surface area contributed by atoms with Crippen LogP contribution in [0.2, 0.25) is 0 Å². The normalized spacial score (nSPS) is 17.1. The summed E-state index contributed by atoms with van der Waals surface area (Å²) in [5, 5.41) is 0. The van der Waals surface area contributed by atoms with Crippen molar-refractivity contribution in [3.8, 4) is 0 Å². The minimum absolute atomic E-state index is 0.0241. The van der Waals surface area contributed by atoms with E-state index in [-0.39, 0.29) is 11.3 Å². The lowest BCUT2D eigenvalue weighted by Crippen LogP contribution is -2.56. The molecule has 1 amide bonds. The maximum atomic E-state index is 14.4. The molecular formula is C45H41NO. The molecule has 0 saturated carbocycles. The summed E-state index contributed by atoms with van der Waals surface area (Å²) in [5.41, 5.74) is 8.68. The Morgan fingerprint density at radius 3 is 1.53 bits per heavy atom. The molecule has 1 heterocycles. The standard InChI is InChI=1S/C45H41NO/c1-33-25-27-35(28-26-33)44(4)32-43(2,3)46(42(47)34-17-9-5-10-18-34)41-30-29-39(31-40(41)44)45(36-19-11-6-12-20-36,37-21-13-7-14-22-37)38-23-15-8-16-24-38/h5-31H,32H2,1-4H3/t44-/m0/s1. The van der Waals surface area contributed by atoms with Gasteiger partial charge in [0.2, 0.25) is 0 Å². The molecule has 7 rings (SSSR count). The number of carbonyl (C=O) groups is 1. The number of aryl methyl sites for hydroxylation is 1. The lowest BCUT2D eigenvalue weighted by molar-refractivity contribution is 0.0948. The van der Waals surface area contributed by atoms with Gasteiger partial charge in [0.15, 0.2) is 0 Å². The Morgan fingerprint density at radius 2 is 1.04 bits per heavy atom. The molecule has 0 spiro atoms. The maximum Gasteiger partial charge on any atom is 0.258 e. The number of benzene rings is 6. The fourth-order valence-electron chi connectivity index (χ4n) is 8.11. The first-order valence-corrected chi connectivity index (χ1v) is 16.5. The number of rotatable bonds is 6. The molecule has 0 unspecified atom stereocenters. The summed E-state index contributed by atoms with van der Waals surface area (Å²) >= 11 is 0. The van der Waals surface area contributed by atoms with E-state index >= 15 is 0 Å². The number of anilines is 1. The summed E-state index contributed by atoms with van der Waals surface area (Å²) < 4.78 is 0. The molecule has 0 radical (unpaired) electrons. The van der Waals surface area contributed by atoms with Crippen LogP contribution in [0.25, 0.3) is 0 Å². The van der Waals surface area contributed by atoms with Crippen LogP contribution in [0.5, 0.6) is 0 Å². The average molecular weight is 612 g/mol. The van der Waals surface area contributed by atoms with Gasteiger partial charge >= 0.3 is 0 Å². The van der Waals surface area contributed by atoms with E-state index in [1.165, 1.54) is 33.4 Å². The Kier molecular flexibility index (Phi) is 7.68. The number of hydrogen-bond donors (Lipinski definition) is 0. The van der Waals surface area contributed by atoms with Crippen LogP contribution in [-0.2, 0) is 10.8 Å². The van der Waals surface area contributed by atoms with Crippen LogP contribution in [0.3, 0.4) is 0 Å². The first-order chi connectivity index (χ1) is 22.7. The largest absolute Gasteiger partial charge is 0.302 e. The van der Waals surface area contributed by atoms with Crippen LogP contribution < -0.4 is 4.90 Å². The third-order valence-electron chi connectivity index (χ3n) is 10.2. The number of fused-ring (bicyclic) bond motifs is 1. The summed E-state index contributed by atoms with van der Waals surface area (Å²) in [7, 11) is 0. The fourth-order valence-corrected chi connectivity index (χ4v) is 8.11. The minimum atomic E-state index is -0.589. The predicted octanol–water partition coefficient (Wildman–Crippen LogP) is 10.5. The van der Waals surface area contributed by atoms with Crippen molar-refractivity contribution in [2.75, 3.05) is 4.90 Å². The van der Waals surface area contributed by atoms with Gasteiger partial charge in [0.1, 0.15) is 0 Å². The van der Waals surface area contributed by atoms with Crippen LogP contribution in [0, 0.1) is 6.92 Å². The van der Waals surface area contributed by atoms with Crippen molar-refractivity contribution in [2.45, 2.75) is 50.5 Å². The number of nitrogens with zero attached hydrogens (tertiary/aromatic N) is 1. The van der Waals surface area contributed by atoms with Gasteiger partial charge in [-0.05, 0) is 78.8 Å². The Morgan fingerprint density at radius 1 is 0.574 bits per heavy atom. The summed E-state index contributed by atoms with van der Waals surface area (Å²) in [6, 6.07) is 58.0. The average Bonchev–Trinajstić information content (AvgIpc) is 3.10. The lowest BCUT2D eigenvalue weighted by Gasteiger charge is -2.52. The van der Waals surface area contributed by atoms with Gasteiger partial charge in [0.05, 0.1) is 5.41 Å². The van der Waals surface area contributed by atoms with Gasteiger partial charge in [0, 0.05) is 22.2 Å². The van der Waals surface area contributed by atoms with Crippen molar-refractivity contribution in [1.29, 1.82) is 0 Å². The molecule has 47 heavy (non-hydrogen) atoms. The van der Waals surface area contributed by atoms with Crippen molar-refractivity contribution in [1.82, 2.24) is 0 Å². The molecule has 6 aromatic rings. The molecule has 2 nitrogen and oxygen atoms in total. The van der Waals surface area contributed by atoms with Crippen LogP contribution in [0.15, 0.2) is 164 Å². The van der Waals surface area contributed by atoms with Crippen molar-refractivity contribution in [3.63, 3.8) is 0 Å². The van der Waals surface area contributed by atoms with Gasteiger partial charge < -0.3 is 4.90 Å². The van der Waals surface area contributed by atoms with E-state index in [0.717, 1.165) is 17.7 Å². The zero-order valence-corrected chi connectivity index (χ0v) is 27.7. The van der Waals surface area contributed by atoms with Crippen molar-refractivity contribution < 1.29 is 4.79 Å². The number of carbonyl (C=O) groups excluding carboxylic acids is 1. The lowest BCUT2D eigenvalue weighted by atomic mass is 9.61. The van der Waals surface area contributed by atoms with E-state index in [0.29, 0.717) is 5.56 Å². The SMILES string of the molecule is Cc1ccc([C@]2(C)CC(C)(C)N(C(=O)c3ccccc3)c3ccc(C(c4ccccc4)(c4ccccc4)c4ccccc4)cc32)cc1. The molecule has 0 fully saturated rings. The second-order valence-electron chi connectivity index (χ2n) is 13.8. The van der Waals surface area contributed by atoms with Crippen LogP contribution in [-0.4, -0.2) is 11.4 Å². The smallest absolute Gasteiger partial charge is 0.258 e. The zero-order valence-electron chi connectivity index (χ0n) is 27.7. The fraction of sp³-hybridized carbons (Fsp3) is 0.178. The summed E-state index contributed by atoms with van der Waals surface area (Å²) in [6.45, 7) is 8.91. The van der Waals surface area contributed by atoms with Gasteiger partial charge in [0.25, 0.3) is 5.91 Å². The molecule has 0 bridgehead atoms. The van der Waals surface area contributed by atoms with E-state index in [1.54, 1.807) is 0 Å². The van der Waals surface area contributed by atoms with Gasteiger partial charge in [-0.2, -0.15) is 0 Å². The van der Waals surface area contributed by atoms with E-state index < -0.39 is 11.0 Å². The van der Waals surface area contributed by atoms with Crippen molar-refractivity contribution >= 4 is 11.6 Å². The first-order valence-electron chi connectivity index (χ1n) is 16.5. The molecule has 232 valence electrons. The highest BCUT2D eigenvalue weighted by Gasteiger charge is 2.49.